The van der Waals surface area contributed by atoms with Gasteiger partial charge in [-0.25, -0.2) is 9.67 Å². The Balaban J connectivity index is 1.42. The highest BCUT2D eigenvalue weighted by Crippen LogP contribution is 2.45. The van der Waals surface area contributed by atoms with Crippen LogP contribution in [0.2, 0.25) is 0 Å². The van der Waals surface area contributed by atoms with E-state index in [0.717, 1.165) is 47.4 Å². The highest BCUT2D eigenvalue weighted by molar-refractivity contribution is 6.05. The Bertz CT molecular complexity index is 1550. The summed E-state index contributed by atoms with van der Waals surface area (Å²) in [6.45, 7) is 5.56. The zero-order chi connectivity index (χ0) is 28.0. The molecular weight excluding hydrogens is 504 g/mol. The Kier molecular flexibility index (Phi) is 6.95. The van der Waals surface area contributed by atoms with Gasteiger partial charge < -0.3 is 19.5 Å². The van der Waals surface area contributed by atoms with Crippen LogP contribution in [-0.4, -0.2) is 68.4 Å². The summed E-state index contributed by atoms with van der Waals surface area (Å²) in [5.41, 5.74) is 5.64. The Morgan fingerprint density at radius 1 is 1.18 bits per heavy atom. The molecule has 1 aliphatic carbocycles. The molecule has 4 aromatic rings. The van der Waals surface area contributed by atoms with E-state index in [1.54, 1.807) is 23.0 Å². The van der Waals surface area contributed by atoms with E-state index in [4.69, 9.17) is 14.7 Å². The summed E-state index contributed by atoms with van der Waals surface area (Å²) in [4.78, 5) is 25.5. The lowest BCUT2D eigenvalue weighted by Gasteiger charge is -2.23. The van der Waals surface area contributed by atoms with Crippen molar-refractivity contribution in [3.8, 4) is 17.1 Å². The summed E-state index contributed by atoms with van der Waals surface area (Å²) in [5.74, 6) is 1.60. The number of carbonyl (C=O) groups excluding carboxylic acids is 1. The number of aryl methyl sites for hydroxylation is 2. The van der Waals surface area contributed by atoms with E-state index in [-0.39, 0.29) is 18.0 Å². The first-order valence-corrected chi connectivity index (χ1v) is 14.2. The molecule has 210 valence electrons. The molecule has 0 saturated heterocycles. The molecule has 10 heteroatoms. The SMILES string of the molecule is Cc1cc2cc(n1)-c1cnn(C)c1OCCCC(C1CC1)n1c(nc3cc(NC(C)CN(C)C)ccc31)NC2=O. The number of hydrogen-bond donors (Lipinski definition) is 2. The van der Waals surface area contributed by atoms with Crippen LogP contribution in [0.25, 0.3) is 22.3 Å². The van der Waals surface area contributed by atoms with Gasteiger partial charge in [0, 0.05) is 42.6 Å². The van der Waals surface area contributed by atoms with Crippen LogP contribution in [0.4, 0.5) is 11.6 Å². The van der Waals surface area contributed by atoms with Crippen LogP contribution in [0.5, 0.6) is 5.88 Å². The van der Waals surface area contributed by atoms with Gasteiger partial charge in [0.2, 0.25) is 11.8 Å². The largest absolute Gasteiger partial charge is 0.477 e. The van der Waals surface area contributed by atoms with Crippen molar-refractivity contribution in [2.75, 3.05) is 37.9 Å². The van der Waals surface area contributed by atoms with Gasteiger partial charge in [-0.1, -0.05) is 0 Å². The second-order valence-electron chi connectivity index (χ2n) is 11.5. The summed E-state index contributed by atoms with van der Waals surface area (Å²) < 4.78 is 10.3. The van der Waals surface area contributed by atoms with Gasteiger partial charge in [-0.3, -0.25) is 15.1 Å². The number of imidazole rings is 1. The predicted octanol–water partition coefficient (Wildman–Crippen LogP) is 4.88. The molecule has 2 atom stereocenters. The van der Waals surface area contributed by atoms with Crippen molar-refractivity contribution in [1.82, 2.24) is 29.2 Å². The van der Waals surface area contributed by atoms with Gasteiger partial charge >= 0.3 is 0 Å². The lowest BCUT2D eigenvalue weighted by Crippen LogP contribution is -2.29. The number of anilines is 2. The lowest BCUT2D eigenvalue weighted by atomic mass is 10.1. The van der Waals surface area contributed by atoms with Gasteiger partial charge in [0.05, 0.1) is 35.1 Å². The van der Waals surface area contributed by atoms with Gasteiger partial charge in [-0.2, -0.15) is 5.10 Å². The first-order chi connectivity index (χ1) is 19.3. The number of nitrogens with one attached hydrogen (secondary N) is 2. The summed E-state index contributed by atoms with van der Waals surface area (Å²) in [7, 11) is 6.02. The number of fused-ring (bicyclic) bond motifs is 7. The zero-order valence-electron chi connectivity index (χ0n) is 23.9. The summed E-state index contributed by atoms with van der Waals surface area (Å²) in [5, 5.41) is 11.2. The van der Waals surface area contributed by atoms with E-state index >= 15 is 0 Å². The number of benzene rings is 1. The van der Waals surface area contributed by atoms with Crippen molar-refractivity contribution in [1.29, 1.82) is 0 Å². The third-order valence-electron chi connectivity index (χ3n) is 7.72. The molecule has 0 radical (unpaired) electrons. The van der Waals surface area contributed by atoms with Crippen molar-refractivity contribution in [2.45, 2.75) is 51.6 Å². The van der Waals surface area contributed by atoms with Gasteiger partial charge in [0.1, 0.15) is 0 Å². The Hall–Kier alpha value is -3.92. The Morgan fingerprint density at radius 3 is 2.77 bits per heavy atom. The zero-order valence-corrected chi connectivity index (χ0v) is 23.9. The molecule has 6 rings (SSSR count). The Morgan fingerprint density at radius 2 is 2.00 bits per heavy atom. The molecular formula is C30H38N8O2. The van der Waals surface area contributed by atoms with Crippen LogP contribution < -0.4 is 15.4 Å². The minimum Gasteiger partial charge on any atom is -0.477 e. The average molecular weight is 543 g/mol. The van der Waals surface area contributed by atoms with Gasteiger partial charge in [0.15, 0.2) is 0 Å². The maximum Gasteiger partial charge on any atom is 0.258 e. The molecule has 1 amide bonds. The van der Waals surface area contributed by atoms with Crippen molar-refractivity contribution in [2.24, 2.45) is 13.0 Å². The fourth-order valence-corrected chi connectivity index (χ4v) is 5.89. The van der Waals surface area contributed by atoms with Crippen LogP contribution in [0.3, 0.4) is 0 Å². The quantitative estimate of drug-likeness (QED) is 0.371. The summed E-state index contributed by atoms with van der Waals surface area (Å²) in [6.07, 6.45) is 5.90. The maximum atomic E-state index is 13.7. The molecule has 1 saturated carbocycles. The van der Waals surface area contributed by atoms with Crippen LogP contribution in [-0.2, 0) is 7.05 Å². The highest BCUT2D eigenvalue weighted by Gasteiger charge is 2.35. The molecule has 2 N–H and O–H groups in total. The number of aromatic nitrogens is 5. The van der Waals surface area contributed by atoms with E-state index in [2.05, 4.69) is 64.4 Å². The maximum absolute atomic E-state index is 13.7. The third kappa shape index (κ3) is 5.28. The molecule has 2 bridgehead atoms. The smallest absolute Gasteiger partial charge is 0.258 e. The molecule has 0 spiro atoms. The number of likely N-dealkylation sites (N-methyl/N-ethyl adjacent to an activating group) is 1. The van der Waals surface area contributed by atoms with E-state index in [9.17, 15) is 4.79 Å². The second-order valence-corrected chi connectivity index (χ2v) is 11.5. The number of carbonyl (C=O) groups is 1. The normalized spacial score (nSPS) is 18.4. The van der Waals surface area contributed by atoms with Crippen LogP contribution in [0, 0.1) is 12.8 Å². The Labute approximate surface area is 234 Å². The van der Waals surface area contributed by atoms with Crippen molar-refractivity contribution in [3.63, 3.8) is 0 Å². The molecule has 1 fully saturated rings. The third-order valence-corrected chi connectivity index (χ3v) is 7.72. The number of ether oxygens (including phenoxy) is 1. The number of nitrogens with zero attached hydrogens (tertiary/aromatic N) is 6. The molecule has 1 aliphatic heterocycles. The topological polar surface area (TPSA) is 102 Å². The number of amides is 1. The van der Waals surface area contributed by atoms with Gasteiger partial charge in [0.25, 0.3) is 5.91 Å². The fourth-order valence-electron chi connectivity index (χ4n) is 5.89. The van der Waals surface area contributed by atoms with Gasteiger partial charge in [-0.15, -0.1) is 0 Å². The molecule has 2 aliphatic rings. The molecule has 1 aromatic carbocycles. The van der Waals surface area contributed by atoms with Crippen molar-refractivity contribution < 1.29 is 9.53 Å². The monoisotopic (exact) mass is 542 g/mol. The van der Waals surface area contributed by atoms with Crippen molar-refractivity contribution >= 4 is 28.6 Å². The molecule has 40 heavy (non-hydrogen) atoms. The van der Waals surface area contributed by atoms with Crippen LogP contribution in [0.1, 0.15) is 54.7 Å². The minimum absolute atomic E-state index is 0.209. The minimum atomic E-state index is -0.209. The van der Waals surface area contributed by atoms with E-state index < -0.39 is 0 Å². The first-order valence-electron chi connectivity index (χ1n) is 14.2. The molecule has 4 heterocycles. The second kappa shape index (κ2) is 10.6. The van der Waals surface area contributed by atoms with E-state index in [0.29, 0.717) is 35.6 Å². The van der Waals surface area contributed by atoms with E-state index in [1.807, 2.05) is 14.0 Å². The summed E-state index contributed by atoms with van der Waals surface area (Å²) in [6, 6.07) is 10.5. The van der Waals surface area contributed by atoms with Crippen LogP contribution in [0.15, 0.2) is 36.5 Å². The van der Waals surface area contributed by atoms with E-state index in [1.165, 1.54) is 12.8 Å². The lowest BCUT2D eigenvalue weighted by molar-refractivity contribution is 0.102. The number of hydrogen-bond acceptors (Lipinski definition) is 7. The molecule has 10 nitrogen and oxygen atoms in total. The predicted molar refractivity (Wildman–Crippen MR) is 157 cm³/mol. The molecule has 3 aromatic heterocycles. The standard InChI is InChI=1S/C30H38N8O2/c1-18-13-21-14-24(33-18)23-16-31-37(5)29(23)40-12-6-7-26(20-8-9-20)38-27-11-10-22(32-19(2)17-36(3)4)15-25(27)34-30(38)35-28(21)39/h10-11,13-16,19-20,26,32H,6-9,12,17H2,1-5H3,(H,34,35,39). The van der Waals surface area contributed by atoms with Gasteiger partial charge in [-0.05, 0) is 89.9 Å². The average Bonchev–Trinajstić information content (AvgIpc) is 3.58. The van der Waals surface area contributed by atoms with Crippen molar-refractivity contribution in [3.05, 3.63) is 47.8 Å². The summed E-state index contributed by atoms with van der Waals surface area (Å²) >= 11 is 0. The molecule has 2 unspecified atom stereocenters. The fraction of sp³-hybridized carbons (Fsp3) is 0.467. The van der Waals surface area contributed by atoms with Crippen LogP contribution >= 0.6 is 0 Å². The first kappa shape index (κ1) is 26.3. The number of rotatable bonds is 5. The number of pyridine rings is 1. The highest BCUT2D eigenvalue weighted by atomic mass is 16.5.